The van der Waals surface area contributed by atoms with Gasteiger partial charge in [-0.25, -0.2) is 0 Å². The largest absolute Gasteiger partial charge is 0.338 e. The van der Waals surface area contributed by atoms with Crippen LogP contribution >= 0.6 is 0 Å². The third-order valence-electron chi connectivity index (χ3n) is 4.28. The number of amides is 2. The number of nitrogens with one attached hydrogen (secondary N) is 1. The van der Waals surface area contributed by atoms with Gasteiger partial charge in [-0.3, -0.25) is 9.59 Å². The summed E-state index contributed by atoms with van der Waals surface area (Å²) >= 11 is 0. The molecular weight excluding hydrogens is 240 g/mol. The van der Waals surface area contributed by atoms with Gasteiger partial charge in [0.1, 0.15) is 5.54 Å². The van der Waals surface area contributed by atoms with Crippen molar-refractivity contribution in [3.8, 4) is 0 Å². The maximum Gasteiger partial charge on any atom is 0.254 e. The van der Waals surface area contributed by atoms with Gasteiger partial charge in [0.2, 0.25) is 0 Å². The Kier molecular flexibility index (Phi) is 2.81. The number of likely N-dealkylation sites (N-methyl/N-ethyl adjacent to an activating group) is 1. The van der Waals surface area contributed by atoms with E-state index in [9.17, 15) is 9.59 Å². The van der Waals surface area contributed by atoms with E-state index in [1.807, 2.05) is 18.2 Å². The minimum Gasteiger partial charge on any atom is -0.338 e. The van der Waals surface area contributed by atoms with Crippen molar-refractivity contribution in [1.29, 1.82) is 0 Å². The predicted molar refractivity (Wildman–Crippen MR) is 73.1 cm³/mol. The van der Waals surface area contributed by atoms with E-state index >= 15 is 0 Å². The van der Waals surface area contributed by atoms with Crippen molar-refractivity contribution in [2.24, 2.45) is 0 Å². The van der Waals surface area contributed by atoms with Crippen LogP contribution in [0.3, 0.4) is 0 Å². The highest BCUT2D eigenvalue weighted by Gasteiger charge is 2.45. The minimum absolute atomic E-state index is 0.0190. The first kappa shape index (κ1) is 12.2. The van der Waals surface area contributed by atoms with E-state index in [0.29, 0.717) is 11.3 Å². The first-order chi connectivity index (χ1) is 9.14. The van der Waals surface area contributed by atoms with Crippen molar-refractivity contribution in [2.75, 3.05) is 11.9 Å². The first-order valence-electron chi connectivity index (χ1n) is 6.84. The molecule has 1 saturated carbocycles. The third kappa shape index (κ3) is 1.82. The average Bonchev–Trinajstić information content (AvgIpc) is 2.52. The molecule has 0 unspecified atom stereocenters. The van der Waals surface area contributed by atoms with Gasteiger partial charge in [-0.15, -0.1) is 0 Å². The molecule has 0 radical (unpaired) electrons. The summed E-state index contributed by atoms with van der Waals surface area (Å²) in [4.78, 5) is 26.8. The quantitative estimate of drug-likeness (QED) is 0.774. The van der Waals surface area contributed by atoms with Crippen molar-refractivity contribution in [1.82, 2.24) is 5.32 Å². The van der Waals surface area contributed by atoms with Gasteiger partial charge in [-0.2, -0.15) is 0 Å². The van der Waals surface area contributed by atoms with E-state index in [1.165, 1.54) is 0 Å². The Morgan fingerprint density at radius 2 is 1.79 bits per heavy atom. The van der Waals surface area contributed by atoms with Crippen molar-refractivity contribution in [3.05, 3.63) is 29.8 Å². The van der Waals surface area contributed by atoms with Gasteiger partial charge >= 0.3 is 0 Å². The molecular formula is C15H18N2O2. The zero-order valence-electron chi connectivity index (χ0n) is 11.1. The lowest BCUT2D eigenvalue weighted by Crippen LogP contribution is -2.58. The SMILES string of the molecule is CN1C(=O)C2(CCCCC2)NC(=O)c2ccccc21. The number of nitrogens with zero attached hydrogens (tertiary/aromatic N) is 1. The third-order valence-corrected chi connectivity index (χ3v) is 4.28. The van der Waals surface area contributed by atoms with Crippen LogP contribution in [0, 0.1) is 0 Å². The van der Waals surface area contributed by atoms with Crippen LogP contribution in [0.1, 0.15) is 42.5 Å². The number of carbonyl (C=O) groups is 2. The Bertz CT molecular complexity index is 533. The predicted octanol–water partition coefficient (Wildman–Crippen LogP) is 2.10. The number of hydrogen-bond donors (Lipinski definition) is 1. The summed E-state index contributed by atoms with van der Waals surface area (Å²) in [7, 11) is 1.76. The van der Waals surface area contributed by atoms with Crippen LogP contribution in [0.2, 0.25) is 0 Å². The van der Waals surface area contributed by atoms with E-state index in [1.54, 1.807) is 18.0 Å². The lowest BCUT2D eigenvalue weighted by atomic mass is 9.80. The maximum atomic E-state index is 12.7. The monoisotopic (exact) mass is 258 g/mol. The molecule has 0 atom stereocenters. The summed E-state index contributed by atoms with van der Waals surface area (Å²) in [6.07, 6.45) is 4.62. The molecule has 19 heavy (non-hydrogen) atoms. The number of para-hydroxylation sites is 1. The first-order valence-corrected chi connectivity index (χ1v) is 6.84. The van der Waals surface area contributed by atoms with Crippen molar-refractivity contribution >= 4 is 17.5 Å². The summed E-state index contributed by atoms with van der Waals surface area (Å²) in [5, 5.41) is 3.00. The topological polar surface area (TPSA) is 49.4 Å². The van der Waals surface area contributed by atoms with Crippen LogP contribution in [0.4, 0.5) is 5.69 Å². The molecule has 100 valence electrons. The van der Waals surface area contributed by atoms with Crippen LogP contribution in [-0.4, -0.2) is 24.4 Å². The molecule has 2 amide bonds. The van der Waals surface area contributed by atoms with Gasteiger partial charge in [0.05, 0.1) is 11.3 Å². The van der Waals surface area contributed by atoms with Crippen LogP contribution in [0.25, 0.3) is 0 Å². The number of fused-ring (bicyclic) bond motifs is 1. The highest BCUT2D eigenvalue weighted by atomic mass is 16.2. The second-order valence-electron chi connectivity index (χ2n) is 5.48. The smallest absolute Gasteiger partial charge is 0.254 e. The number of rotatable bonds is 0. The van der Waals surface area contributed by atoms with Gasteiger partial charge in [-0.1, -0.05) is 31.4 Å². The van der Waals surface area contributed by atoms with Crippen LogP contribution in [-0.2, 0) is 4.79 Å². The highest BCUT2D eigenvalue weighted by molar-refractivity contribution is 6.12. The summed E-state index contributed by atoms with van der Waals surface area (Å²) in [6.45, 7) is 0. The van der Waals surface area contributed by atoms with Gasteiger partial charge in [0.15, 0.2) is 0 Å². The van der Waals surface area contributed by atoms with Gasteiger partial charge in [-0.05, 0) is 25.0 Å². The molecule has 1 aromatic rings. The Balaban J connectivity index is 2.08. The van der Waals surface area contributed by atoms with Crippen molar-refractivity contribution in [2.45, 2.75) is 37.6 Å². The molecule has 3 rings (SSSR count). The lowest BCUT2D eigenvalue weighted by molar-refractivity contribution is -0.125. The minimum atomic E-state index is -0.691. The molecule has 0 bridgehead atoms. The second-order valence-corrected chi connectivity index (χ2v) is 5.48. The molecule has 4 nitrogen and oxygen atoms in total. The van der Waals surface area contributed by atoms with E-state index in [4.69, 9.17) is 0 Å². The number of benzene rings is 1. The highest BCUT2D eigenvalue weighted by Crippen LogP contribution is 2.34. The summed E-state index contributed by atoms with van der Waals surface area (Å²) in [6, 6.07) is 7.29. The Labute approximate surface area is 112 Å². The number of anilines is 1. The summed E-state index contributed by atoms with van der Waals surface area (Å²) < 4.78 is 0. The molecule has 1 aromatic carbocycles. The Hall–Kier alpha value is -1.84. The molecule has 1 N–H and O–H groups in total. The molecule has 1 aliphatic carbocycles. The van der Waals surface area contributed by atoms with Gasteiger partial charge in [0, 0.05) is 7.05 Å². The maximum absolute atomic E-state index is 12.7. The summed E-state index contributed by atoms with van der Waals surface area (Å²) in [5.41, 5.74) is 0.594. The molecule has 0 saturated heterocycles. The zero-order valence-corrected chi connectivity index (χ0v) is 11.1. The lowest BCUT2D eigenvalue weighted by Gasteiger charge is -2.37. The van der Waals surface area contributed by atoms with Crippen molar-refractivity contribution < 1.29 is 9.59 Å². The molecule has 1 spiro atoms. The zero-order chi connectivity index (χ0) is 13.5. The van der Waals surface area contributed by atoms with Crippen LogP contribution in [0.5, 0.6) is 0 Å². The fourth-order valence-corrected chi connectivity index (χ4v) is 3.22. The normalized spacial score (nSPS) is 21.8. The fourth-order valence-electron chi connectivity index (χ4n) is 3.22. The second kappa shape index (κ2) is 4.37. The number of hydrogen-bond acceptors (Lipinski definition) is 2. The molecule has 4 heteroatoms. The van der Waals surface area contributed by atoms with E-state index in [2.05, 4.69) is 5.32 Å². The number of carbonyl (C=O) groups excluding carboxylic acids is 2. The molecule has 0 aromatic heterocycles. The average molecular weight is 258 g/mol. The fraction of sp³-hybridized carbons (Fsp3) is 0.467. The van der Waals surface area contributed by atoms with Crippen molar-refractivity contribution in [3.63, 3.8) is 0 Å². The van der Waals surface area contributed by atoms with E-state index < -0.39 is 5.54 Å². The van der Waals surface area contributed by atoms with Crippen LogP contribution < -0.4 is 10.2 Å². The standard InChI is InChI=1S/C15H18N2O2/c1-17-12-8-4-3-7-11(12)13(18)16-15(14(17)19)9-5-2-6-10-15/h3-4,7-8H,2,5-6,9-10H2,1H3,(H,16,18). The summed E-state index contributed by atoms with van der Waals surface area (Å²) in [5.74, 6) is -0.110. The molecule has 2 aliphatic rings. The molecule has 1 heterocycles. The molecule has 1 aliphatic heterocycles. The van der Waals surface area contributed by atoms with E-state index in [-0.39, 0.29) is 11.8 Å². The molecule has 1 fully saturated rings. The van der Waals surface area contributed by atoms with Gasteiger partial charge < -0.3 is 10.2 Å². The van der Waals surface area contributed by atoms with Crippen LogP contribution in [0.15, 0.2) is 24.3 Å². The van der Waals surface area contributed by atoms with Gasteiger partial charge in [0.25, 0.3) is 11.8 Å². The van der Waals surface area contributed by atoms with E-state index in [0.717, 1.165) is 32.1 Å². The Morgan fingerprint density at radius 1 is 1.11 bits per heavy atom. The Morgan fingerprint density at radius 3 is 2.53 bits per heavy atom.